The van der Waals surface area contributed by atoms with Crippen molar-refractivity contribution < 1.29 is 22.4 Å². The Hall–Kier alpha value is -4.26. The second-order valence-corrected chi connectivity index (χ2v) is 10.4. The Morgan fingerprint density at radius 1 is 1.07 bits per heavy atom. The maximum absolute atomic E-state index is 15.7. The van der Waals surface area contributed by atoms with Crippen molar-refractivity contribution in [3.05, 3.63) is 81.8 Å². The monoisotopic (exact) mass is 571 g/mol. The molecule has 0 bridgehead atoms. The highest BCUT2D eigenvalue weighted by atomic mass is 19.4. The van der Waals surface area contributed by atoms with Crippen molar-refractivity contribution in [3.8, 4) is 0 Å². The number of amides is 1. The number of carbonyl (C=O) groups excluding carboxylic acids is 1. The first kappa shape index (κ1) is 28.3. The predicted octanol–water partition coefficient (Wildman–Crippen LogP) is 4.01. The van der Waals surface area contributed by atoms with Crippen LogP contribution in [0.15, 0.2) is 53.7 Å². The van der Waals surface area contributed by atoms with Gasteiger partial charge in [0, 0.05) is 68.5 Å². The minimum Gasteiger partial charge on any atom is -0.367 e. The number of H-pyrrole nitrogens is 1. The number of aromatic amines is 1. The number of hydrogen-bond donors (Lipinski definition) is 2. The van der Waals surface area contributed by atoms with Crippen LogP contribution in [-0.4, -0.2) is 71.1 Å². The molecule has 9 nitrogen and oxygen atoms in total. The lowest BCUT2D eigenvalue weighted by atomic mass is 10.0. The van der Waals surface area contributed by atoms with E-state index in [4.69, 9.17) is 0 Å². The van der Waals surface area contributed by atoms with Crippen LogP contribution in [0.3, 0.4) is 0 Å². The van der Waals surface area contributed by atoms with E-state index in [1.807, 2.05) is 36.8 Å². The minimum atomic E-state index is -4.93. The summed E-state index contributed by atoms with van der Waals surface area (Å²) in [6.07, 6.45) is 0.837. The number of benzene rings is 1. The molecule has 2 aromatic heterocycles. The van der Waals surface area contributed by atoms with Gasteiger partial charge in [0.2, 0.25) is 11.5 Å². The van der Waals surface area contributed by atoms with E-state index in [9.17, 15) is 22.8 Å². The molecule has 2 aliphatic rings. The molecule has 2 N–H and O–H groups in total. The Bertz CT molecular complexity index is 1530. The average Bonchev–Trinajstić information content (AvgIpc) is 3.42. The molecule has 1 aromatic carbocycles. The molecule has 2 aliphatic heterocycles. The first-order valence-corrected chi connectivity index (χ1v) is 13.1. The minimum absolute atomic E-state index is 0.0954. The zero-order valence-corrected chi connectivity index (χ0v) is 22.7. The number of pyridine rings is 1. The van der Waals surface area contributed by atoms with E-state index in [1.54, 1.807) is 18.5 Å². The highest BCUT2D eigenvalue weighted by Gasteiger charge is 2.36. The fourth-order valence-electron chi connectivity index (χ4n) is 5.21. The number of carbonyl (C=O) groups is 1. The van der Waals surface area contributed by atoms with Crippen LogP contribution in [0.4, 0.5) is 34.9 Å². The number of piperazine rings is 1. The first-order chi connectivity index (χ1) is 19.4. The van der Waals surface area contributed by atoms with Gasteiger partial charge in [-0.05, 0) is 44.7 Å². The highest BCUT2D eigenvalue weighted by Crippen LogP contribution is 2.37. The molecular weight excluding hydrogens is 542 g/mol. The maximum atomic E-state index is 15.7. The summed E-state index contributed by atoms with van der Waals surface area (Å²) in [7, 11) is 1.99. The SMILES string of the molecule is CC1CN(c2cc(F)c(C3=CCN(c4ncccn4)C3)cc2NC(=O)c2c[nH]c(=O)cc2C(F)(F)F)CC(C)N1C. The third-order valence-corrected chi connectivity index (χ3v) is 7.61. The molecular formula is C28H29F4N7O2. The lowest BCUT2D eigenvalue weighted by Gasteiger charge is -2.44. The fraction of sp³-hybridized carbons (Fsp3) is 0.357. The van der Waals surface area contributed by atoms with E-state index in [1.165, 1.54) is 12.1 Å². The summed E-state index contributed by atoms with van der Waals surface area (Å²) in [5, 5.41) is 2.58. The Balaban J connectivity index is 1.53. The summed E-state index contributed by atoms with van der Waals surface area (Å²) in [5.74, 6) is -1.14. The summed E-state index contributed by atoms with van der Waals surface area (Å²) in [5.41, 5.74) is -1.76. The summed E-state index contributed by atoms with van der Waals surface area (Å²) >= 11 is 0. The van der Waals surface area contributed by atoms with E-state index in [-0.39, 0.29) is 23.3 Å². The van der Waals surface area contributed by atoms with Gasteiger partial charge in [-0.2, -0.15) is 13.2 Å². The van der Waals surface area contributed by atoms with Crippen LogP contribution >= 0.6 is 0 Å². The quantitative estimate of drug-likeness (QED) is 0.447. The molecule has 0 spiro atoms. The number of halogens is 4. The second-order valence-electron chi connectivity index (χ2n) is 10.4. The van der Waals surface area contributed by atoms with Crippen LogP contribution in [0.2, 0.25) is 0 Å². The van der Waals surface area contributed by atoms with Crippen molar-refractivity contribution in [3.63, 3.8) is 0 Å². The van der Waals surface area contributed by atoms with Gasteiger partial charge in [0.1, 0.15) is 5.82 Å². The number of nitrogens with zero attached hydrogens (tertiary/aromatic N) is 5. The molecule has 4 heterocycles. The Kier molecular flexibility index (Phi) is 7.56. The molecule has 1 saturated heterocycles. The number of hydrogen-bond acceptors (Lipinski definition) is 7. The molecule has 1 amide bonds. The number of aromatic nitrogens is 3. The molecule has 5 rings (SSSR count). The van der Waals surface area contributed by atoms with Crippen molar-refractivity contribution in [1.82, 2.24) is 19.9 Å². The van der Waals surface area contributed by atoms with Gasteiger partial charge in [0.25, 0.3) is 5.91 Å². The molecule has 2 atom stereocenters. The zero-order chi connectivity index (χ0) is 29.5. The molecule has 3 aromatic rings. The molecule has 2 unspecified atom stereocenters. The van der Waals surface area contributed by atoms with Crippen LogP contribution < -0.4 is 20.7 Å². The lowest BCUT2D eigenvalue weighted by molar-refractivity contribution is -0.138. The van der Waals surface area contributed by atoms with E-state index >= 15 is 4.39 Å². The third-order valence-electron chi connectivity index (χ3n) is 7.61. The topological polar surface area (TPSA) is 97.5 Å². The largest absolute Gasteiger partial charge is 0.417 e. The van der Waals surface area contributed by atoms with Crippen molar-refractivity contribution in [1.29, 1.82) is 0 Å². The van der Waals surface area contributed by atoms with E-state index < -0.39 is 34.6 Å². The number of rotatable bonds is 5. The number of nitrogens with one attached hydrogen (secondary N) is 2. The number of alkyl halides is 3. The van der Waals surface area contributed by atoms with E-state index in [2.05, 4.69) is 25.2 Å². The lowest BCUT2D eigenvalue weighted by Crippen LogP contribution is -2.55. The van der Waals surface area contributed by atoms with Gasteiger partial charge in [0.15, 0.2) is 0 Å². The van der Waals surface area contributed by atoms with E-state index in [0.717, 1.165) is 6.20 Å². The third kappa shape index (κ3) is 5.80. The molecule has 0 saturated carbocycles. The zero-order valence-electron chi connectivity index (χ0n) is 22.7. The van der Waals surface area contributed by atoms with Crippen LogP contribution in [0.1, 0.15) is 35.3 Å². The van der Waals surface area contributed by atoms with Gasteiger partial charge < -0.3 is 20.1 Å². The molecule has 0 aliphatic carbocycles. The molecule has 216 valence electrons. The molecule has 1 fully saturated rings. The molecule has 41 heavy (non-hydrogen) atoms. The summed E-state index contributed by atoms with van der Waals surface area (Å²) in [6, 6.07) is 5.00. The first-order valence-electron chi connectivity index (χ1n) is 13.1. The van der Waals surface area contributed by atoms with Gasteiger partial charge in [-0.3, -0.25) is 14.5 Å². The smallest absolute Gasteiger partial charge is 0.367 e. The Morgan fingerprint density at radius 2 is 1.76 bits per heavy atom. The van der Waals surface area contributed by atoms with Crippen LogP contribution in [-0.2, 0) is 6.18 Å². The Labute approximate surface area is 233 Å². The van der Waals surface area contributed by atoms with Crippen molar-refractivity contribution in [2.75, 3.05) is 48.3 Å². The van der Waals surface area contributed by atoms with Gasteiger partial charge >= 0.3 is 6.18 Å². The summed E-state index contributed by atoms with van der Waals surface area (Å²) in [6.45, 7) is 5.79. The van der Waals surface area contributed by atoms with Crippen LogP contribution in [0.5, 0.6) is 0 Å². The number of anilines is 3. The average molecular weight is 572 g/mol. The van der Waals surface area contributed by atoms with Crippen LogP contribution in [0, 0.1) is 5.82 Å². The Morgan fingerprint density at radius 3 is 2.41 bits per heavy atom. The standard InChI is InChI=1S/C28H29F4N7O2/c1-16-13-39(14-17(2)37(16)3)24-11-22(29)19(18-5-8-38(15-18)27-33-6-4-7-34-27)9-23(24)36-26(41)20-12-35-25(40)10-21(20)28(30,31)32/h4-7,9-12,16-17H,8,13-15H2,1-3H3,(H,35,40)(H,36,41). The van der Waals surface area contributed by atoms with Crippen molar-refractivity contribution >= 4 is 28.8 Å². The normalized spacial score (nSPS) is 19.8. The van der Waals surface area contributed by atoms with Gasteiger partial charge in [0.05, 0.1) is 22.5 Å². The van der Waals surface area contributed by atoms with E-state index in [0.29, 0.717) is 49.5 Å². The second kappa shape index (κ2) is 11.0. The highest BCUT2D eigenvalue weighted by molar-refractivity contribution is 6.07. The number of likely N-dealkylation sites (N-methyl/N-ethyl adjacent to an activating group) is 1. The fourth-order valence-corrected chi connectivity index (χ4v) is 5.21. The van der Waals surface area contributed by atoms with Crippen molar-refractivity contribution in [2.45, 2.75) is 32.1 Å². The summed E-state index contributed by atoms with van der Waals surface area (Å²) < 4.78 is 56.8. The van der Waals surface area contributed by atoms with Crippen LogP contribution in [0.25, 0.3) is 5.57 Å². The predicted molar refractivity (Wildman–Crippen MR) is 148 cm³/mol. The van der Waals surface area contributed by atoms with Gasteiger partial charge in [-0.25, -0.2) is 14.4 Å². The summed E-state index contributed by atoms with van der Waals surface area (Å²) in [4.78, 5) is 41.4. The van der Waals surface area contributed by atoms with Crippen molar-refractivity contribution in [2.24, 2.45) is 0 Å². The maximum Gasteiger partial charge on any atom is 0.417 e. The molecule has 13 heteroatoms. The van der Waals surface area contributed by atoms with Gasteiger partial charge in [-0.1, -0.05) is 6.08 Å². The molecule has 0 radical (unpaired) electrons. The van der Waals surface area contributed by atoms with Gasteiger partial charge in [-0.15, -0.1) is 0 Å².